The summed E-state index contributed by atoms with van der Waals surface area (Å²) in [5.74, 6) is -0.933. The molecule has 358 valence electrons. The van der Waals surface area contributed by atoms with Crippen molar-refractivity contribution in [1.29, 1.82) is 0 Å². The number of rotatable bonds is 47. The molecule has 0 aliphatic rings. The molecular weight excluding hydrogens is 769 g/mol. The van der Waals surface area contributed by atoms with Gasteiger partial charge >= 0.3 is 17.9 Å². The second kappa shape index (κ2) is 50.8. The van der Waals surface area contributed by atoms with Gasteiger partial charge in [0.15, 0.2) is 6.10 Å². The van der Waals surface area contributed by atoms with Crippen molar-refractivity contribution in [2.45, 2.75) is 264 Å². The zero-order chi connectivity index (χ0) is 45.1. The van der Waals surface area contributed by atoms with Crippen LogP contribution in [-0.2, 0) is 28.6 Å². The third-order valence-corrected chi connectivity index (χ3v) is 11.4. The van der Waals surface area contributed by atoms with Gasteiger partial charge in [-0.05, 0) is 64.2 Å². The maximum absolute atomic E-state index is 12.8. The summed E-state index contributed by atoms with van der Waals surface area (Å²) >= 11 is 0. The van der Waals surface area contributed by atoms with Gasteiger partial charge in [-0.3, -0.25) is 14.4 Å². The van der Waals surface area contributed by atoms with E-state index in [0.29, 0.717) is 12.8 Å². The van der Waals surface area contributed by atoms with Crippen LogP contribution in [0.4, 0.5) is 0 Å². The summed E-state index contributed by atoms with van der Waals surface area (Å²) in [7, 11) is 0. The van der Waals surface area contributed by atoms with Crippen molar-refractivity contribution in [3.63, 3.8) is 0 Å². The lowest BCUT2D eigenvalue weighted by Crippen LogP contribution is -2.30. The Hall–Kier alpha value is -2.89. The van der Waals surface area contributed by atoms with E-state index in [9.17, 15) is 14.4 Å². The van der Waals surface area contributed by atoms with Crippen LogP contribution in [0.5, 0.6) is 0 Å². The summed E-state index contributed by atoms with van der Waals surface area (Å²) in [5, 5.41) is 0. The lowest BCUT2D eigenvalue weighted by atomic mass is 10.0. The summed E-state index contributed by atoms with van der Waals surface area (Å²) < 4.78 is 16.8. The van der Waals surface area contributed by atoms with Crippen LogP contribution in [0.1, 0.15) is 258 Å². The van der Waals surface area contributed by atoms with Crippen LogP contribution in [0.2, 0.25) is 0 Å². The summed E-state index contributed by atoms with van der Waals surface area (Å²) in [6.45, 7) is 6.47. The standard InChI is InChI=1S/C56H98O6/c1-4-7-10-13-16-19-22-25-26-27-28-29-32-34-37-40-43-46-49-55(58)61-52-53(62-56(59)50-47-44-41-38-35-31-24-21-18-15-12-9-6-3)51-60-54(57)48-45-42-39-36-33-30-23-20-17-14-11-8-5-2/h9,12,15,18,21,24,28-29,31,35,53H,4-8,10-11,13-14,16-17,19-20,22-23,25-27,30,32-34,36-52H2,1-3H3/b12-9-,18-15-,24-21-,29-28-,35-31-. The number of hydrogen-bond donors (Lipinski definition) is 0. The highest BCUT2D eigenvalue weighted by Gasteiger charge is 2.19. The quantitative estimate of drug-likeness (QED) is 0.0199. The fourth-order valence-corrected chi connectivity index (χ4v) is 7.39. The van der Waals surface area contributed by atoms with Crippen LogP contribution in [-0.4, -0.2) is 37.2 Å². The Morgan fingerprint density at radius 2 is 0.645 bits per heavy atom. The van der Waals surface area contributed by atoms with Crippen molar-refractivity contribution >= 4 is 17.9 Å². The van der Waals surface area contributed by atoms with Crippen molar-refractivity contribution in [1.82, 2.24) is 0 Å². The van der Waals surface area contributed by atoms with Gasteiger partial charge in [0, 0.05) is 19.3 Å². The van der Waals surface area contributed by atoms with Crippen molar-refractivity contribution in [2.24, 2.45) is 0 Å². The number of ether oxygens (including phenoxy) is 3. The highest BCUT2D eigenvalue weighted by atomic mass is 16.6. The third-order valence-electron chi connectivity index (χ3n) is 11.4. The maximum atomic E-state index is 12.8. The van der Waals surface area contributed by atoms with Crippen molar-refractivity contribution in [2.75, 3.05) is 13.2 Å². The van der Waals surface area contributed by atoms with E-state index in [2.05, 4.69) is 45.1 Å². The molecule has 0 rings (SSSR count). The number of carbonyl (C=O) groups is 3. The van der Waals surface area contributed by atoms with Crippen LogP contribution >= 0.6 is 0 Å². The summed E-state index contributed by atoms with van der Waals surface area (Å²) in [4.78, 5) is 38.0. The minimum absolute atomic E-state index is 0.0909. The molecule has 6 heteroatoms. The minimum atomic E-state index is -0.795. The summed E-state index contributed by atoms with van der Waals surface area (Å²) in [5.41, 5.74) is 0. The third kappa shape index (κ3) is 48.1. The first-order valence-electron chi connectivity index (χ1n) is 26.3. The predicted octanol–water partition coefficient (Wildman–Crippen LogP) is 17.3. The Morgan fingerprint density at radius 3 is 1.05 bits per heavy atom. The first kappa shape index (κ1) is 59.1. The molecule has 0 fully saturated rings. The van der Waals surface area contributed by atoms with E-state index in [1.54, 1.807) is 0 Å². The lowest BCUT2D eigenvalue weighted by molar-refractivity contribution is -0.167. The first-order valence-corrected chi connectivity index (χ1v) is 26.3. The van der Waals surface area contributed by atoms with Gasteiger partial charge in [0.05, 0.1) is 0 Å². The summed E-state index contributed by atoms with van der Waals surface area (Å²) in [6.07, 6.45) is 62.1. The highest BCUT2D eigenvalue weighted by molar-refractivity contribution is 5.71. The van der Waals surface area contributed by atoms with Crippen LogP contribution in [0.3, 0.4) is 0 Å². The molecule has 0 bridgehead atoms. The number of hydrogen-bond acceptors (Lipinski definition) is 6. The molecule has 6 nitrogen and oxygen atoms in total. The van der Waals surface area contributed by atoms with Crippen molar-refractivity contribution in [3.05, 3.63) is 60.8 Å². The van der Waals surface area contributed by atoms with Crippen LogP contribution < -0.4 is 0 Å². The Morgan fingerprint density at radius 1 is 0.339 bits per heavy atom. The molecule has 1 unspecified atom stereocenters. The Balaban J connectivity index is 4.40. The normalized spacial score (nSPS) is 12.5. The Labute approximate surface area is 383 Å². The highest BCUT2D eigenvalue weighted by Crippen LogP contribution is 2.15. The fraction of sp³-hybridized carbons (Fsp3) is 0.768. The van der Waals surface area contributed by atoms with Gasteiger partial charge in [0.2, 0.25) is 0 Å². The van der Waals surface area contributed by atoms with Gasteiger partial charge in [0.25, 0.3) is 0 Å². The molecule has 0 radical (unpaired) electrons. The Bertz CT molecular complexity index is 1130. The molecular formula is C56H98O6. The Kier molecular flexibility index (Phi) is 48.4. The van der Waals surface area contributed by atoms with Crippen LogP contribution in [0.15, 0.2) is 60.8 Å². The lowest BCUT2D eigenvalue weighted by Gasteiger charge is -2.18. The molecule has 0 saturated carbocycles. The molecule has 0 N–H and O–H groups in total. The fourth-order valence-electron chi connectivity index (χ4n) is 7.39. The van der Waals surface area contributed by atoms with E-state index in [4.69, 9.17) is 14.2 Å². The van der Waals surface area contributed by atoms with Crippen LogP contribution in [0.25, 0.3) is 0 Å². The molecule has 0 amide bonds. The monoisotopic (exact) mass is 867 g/mol. The molecule has 1 atom stereocenters. The molecule has 0 aromatic heterocycles. The van der Waals surface area contributed by atoms with Crippen LogP contribution in [0, 0.1) is 0 Å². The number of esters is 3. The van der Waals surface area contributed by atoms with E-state index in [1.807, 2.05) is 36.5 Å². The largest absolute Gasteiger partial charge is 0.462 e. The molecule has 0 saturated heterocycles. The molecule has 62 heavy (non-hydrogen) atoms. The topological polar surface area (TPSA) is 78.9 Å². The number of allylic oxidation sites excluding steroid dienone is 10. The molecule has 0 spiro atoms. The van der Waals surface area contributed by atoms with E-state index < -0.39 is 6.10 Å². The molecule has 0 heterocycles. The molecule has 0 aliphatic heterocycles. The van der Waals surface area contributed by atoms with Gasteiger partial charge < -0.3 is 14.2 Å². The molecule has 0 aromatic rings. The molecule has 0 aliphatic carbocycles. The average molecular weight is 867 g/mol. The van der Waals surface area contributed by atoms with E-state index in [0.717, 1.165) is 77.0 Å². The van der Waals surface area contributed by atoms with E-state index in [-0.39, 0.29) is 37.5 Å². The van der Waals surface area contributed by atoms with Crippen molar-refractivity contribution < 1.29 is 28.6 Å². The van der Waals surface area contributed by atoms with Gasteiger partial charge in [0.1, 0.15) is 13.2 Å². The molecule has 0 aromatic carbocycles. The van der Waals surface area contributed by atoms with Gasteiger partial charge in [-0.2, -0.15) is 0 Å². The van der Waals surface area contributed by atoms with E-state index in [1.165, 1.54) is 141 Å². The minimum Gasteiger partial charge on any atom is -0.462 e. The first-order chi connectivity index (χ1) is 30.5. The zero-order valence-electron chi connectivity index (χ0n) is 40.9. The predicted molar refractivity (Wildman–Crippen MR) is 265 cm³/mol. The number of unbranched alkanes of at least 4 members (excludes halogenated alkanes) is 29. The van der Waals surface area contributed by atoms with Crippen molar-refractivity contribution in [3.8, 4) is 0 Å². The van der Waals surface area contributed by atoms with Gasteiger partial charge in [-0.1, -0.05) is 236 Å². The van der Waals surface area contributed by atoms with Gasteiger partial charge in [-0.25, -0.2) is 0 Å². The second-order valence-electron chi connectivity index (χ2n) is 17.5. The number of carbonyl (C=O) groups excluding carboxylic acids is 3. The zero-order valence-corrected chi connectivity index (χ0v) is 40.9. The summed E-state index contributed by atoms with van der Waals surface area (Å²) in [6, 6.07) is 0. The van der Waals surface area contributed by atoms with E-state index >= 15 is 0 Å². The smallest absolute Gasteiger partial charge is 0.306 e. The SMILES string of the molecule is CC\C=C/C=C\C=C/C=C\CCCCCC(=O)OC(COC(=O)CCCCCCC/C=C\CCCCCCCCCCC)COC(=O)CCCCCCCCCCCCCCC. The van der Waals surface area contributed by atoms with Gasteiger partial charge in [-0.15, -0.1) is 0 Å². The second-order valence-corrected chi connectivity index (χ2v) is 17.5. The maximum Gasteiger partial charge on any atom is 0.306 e. The average Bonchev–Trinajstić information content (AvgIpc) is 3.27.